The Morgan fingerprint density at radius 2 is 2.05 bits per heavy atom. The van der Waals surface area contributed by atoms with E-state index in [0.717, 1.165) is 5.56 Å². The van der Waals surface area contributed by atoms with E-state index in [4.69, 9.17) is 4.74 Å². The predicted octanol–water partition coefficient (Wildman–Crippen LogP) is 2.79. The third-order valence-electron chi connectivity index (χ3n) is 2.14. The minimum Gasteiger partial charge on any atom is -0.444 e. The smallest absolute Gasteiger partial charge is 0.407 e. The molecule has 1 heterocycles. The van der Waals surface area contributed by atoms with Gasteiger partial charge in [0.1, 0.15) is 11.9 Å². The summed E-state index contributed by atoms with van der Waals surface area (Å²) < 4.78 is 5.18. The van der Waals surface area contributed by atoms with Gasteiger partial charge in [-0.25, -0.2) is 14.8 Å². The van der Waals surface area contributed by atoms with Crippen molar-refractivity contribution in [1.82, 2.24) is 15.3 Å². The highest BCUT2D eigenvalue weighted by molar-refractivity contribution is 5.68. The fourth-order valence-electron chi connectivity index (χ4n) is 1.37. The van der Waals surface area contributed by atoms with Crippen LogP contribution in [-0.2, 0) is 4.74 Å². The first-order valence-corrected chi connectivity index (χ1v) is 6.28. The van der Waals surface area contributed by atoms with E-state index in [1.165, 1.54) is 6.33 Å². The zero-order valence-corrected chi connectivity index (χ0v) is 11.9. The second-order valence-corrected chi connectivity index (χ2v) is 5.36. The van der Waals surface area contributed by atoms with E-state index in [-0.39, 0.29) is 6.04 Å². The summed E-state index contributed by atoms with van der Waals surface area (Å²) in [7, 11) is 0. The quantitative estimate of drug-likeness (QED) is 0.907. The number of amides is 1. The highest BCUT2D eigenvalue weighted by Crippen LogP contribution is 2.07. The Labute approximate surface area is 114 Å². The Hall–Kier alpha value is -1.91. The van der Waals surface area contributed by atoms with Crippen molar-refractivity contribution < 1.29 is 9.53 Å². The molecule has 0 aliphatic rings. The van der Waals surface area contributed by atoms with Gasteiger partial charge in [0.05, 0.1) is 0 Å². The summed E-state index contributed by atoms with van der Waals surface area (Å²) >= 11 is 0. The second-order valence-electron chi connectivity index (χ2n) is 5.36. The molecular formula is C14H21N3O2. The summed E-state index contributed by atoms with van der Waals surface area (Å²) in [6, 6.07) is 0.00994. The van der Waals surface area contributed by atoms with Crippen LogP contribution >= 0.6 is 0 Å². The molecule has 0 aliphatic carbocycles. The number of carbonyl (C=O) groups excluding carboxylic acids is 1. The SMILES string of the molecule is C[C@@H](C/C=C/c1cncnc1)NC(=O)OC(C)(C)C. The Morgan fingerprint density at radius 3 is 2.63 bits per heavy atom. The molecule has 19 heavy (non-hydrogen) atoms. The summed E-state index contributed by atoms with van der Waals surface area (Å²) in [6.45, 7) is 7.45. The van der Waals surface area contributed by atoms with Crippen LogP contribution in [0.15, 0.2) is 24.8 Å². The van der Waals surface area contributed by atoms with Crippen molar-refractivity contribution in [3.8, 4) is 0 Å². The van der Waals surface area contributed by atoms with Gasteiger partial charge < -0.3 is 10.1 Å². The number of hydrogen-bond acceptors (Lipinski definition) is 4. The molecule has 1 N–H and O–H groups in total. The van der Waals surface area contributed by atoms with Crippen molar-refractivity contribution in [1.29, 1.82) is 0 Å². The van der Waals surface area contributed by atoms with Crippen molar-refractivity contribution >= 4 is 12.2 Å². The molecule has 0 aromatic carbocycles. The lowest BCUT2D eigenvalue weighted by Crippen LogP contribution is -2.37. The van der Waals surface area contributed by atoms with Crippen molar-refractivity contribution in [3.63, 3.8) is 0 Å². The molecule has 0 aliphatic heterocycles. The van der Waals surface area contributed by atoms with E-state index in [9.17, 15) is 4.79 Å². The van der Waals surface area contributed by atoms with E-state index in [2.05, 4.69) is 15.3 Å². The van der Waals surface area contributed by atoms with E-state index < -0.39 is 11.7 Å². The molecule has 1 atom stereocenters. The van der Waals surface area contributed by atoms with Gasteiger partial charge >= 0.3 is 6.09 Å². The highest BCUT2D eigenvalue weighted by Gasteiger charge is 2.16. The molecule has 0 unspecified atom stereocenters. The second kappa shape index (κ2) is 6.87. The van der Waals surface area contributed by atoms with Gasteiger partial charge in [-0.2, -0.15) is 0 Å². The van der Waals surface area contributed by atoms with Crippen LogP contribution in [0.1, 0.15) is 39.7 Å². The highest BCUT2D eigenvalue weighted by atomic mass is 16.6. The zero-order chi connectivity index (χ0) is 14.3. The summed E-state index contributed by atoms with van der Waals surface area (Å²) in [5, 5.41) is 2.78. The molecule has 0 saturated carbocycles. The Kier molecular flexibility index (Phi) is 5.48. The van der Waals surface area contributed by atoms with Crippen LogP contribution in [0.3, 0.4) is 0 Å². The van der Waals surface area contributed by atoms with Crippen LogP contribution in [0.2, 0.25) is 0 Å². The first-order chi connectivity index (χ1) is 8.87. The van der Waals surface area contributed by atoms with Gasteiger partial charge in [0.15, 0.2) is 0 Å². The maximum Gasteiger partial charge on any atom is 0.407 e. The lowest BCUT2D eigenvalue weighted by molar-refractivity contribution is 0.0509. The Bertz CT molecular complexity index is 424. The van der Waals surface area contributed by atoms with Crippen molar-refractivity contribution in [2.45, 2.75) is 45.8 Å². The monoisotopic (exact) mass is 263 g/mol. The molecule has 1 amide bonds. The van der Waals surface area contributed by atoms with Gasteiger partial charge in [-0.1, -0.05) is 12.2 Å². The number of hydrogen-bond donors (Lipinski definition) is 1. The van der Waals surface area contributed by atoms with E-state index >= 15 is 0 Å². The van der Waals surface area contributed by atoms with E-state index in [1.807, 2.05) is 39.8 Å². The van der Waals surface area contributed by atoms with Gasteiger partial charge in [-0.3, -0.25) is 0 Å². The molecule has 0 bridgehead atoms. The molecule has 0 fully saturated rings. The molecule has 0 spiro atoms. The minimum absolute atomic E-state index is 0.00994. The van der Waals surface area contributed by atoms with Crippen molar-refractivity contribution in [2.75, 3.05) is 0 Å². The summed E-state index contributed by atoms with van der Waals surface area (Å²) in [5.41, 5.74) is 0.466. The van der Waals surface area contributed by atoms with Gasteiger partial charge in [0, 0.05) is 24.0 Å². The van der Waals surface area contributed by atoms with Crippen LogP contribution in [-0.4, -0.2) is 27.7 Å². The van der Waals surface area contributed by atoms with Gasteiger partial charge in [0.2, 0.25) is 0 Å². The fraction of sp³-hybridized carbons (Fsp3) is 0.500. The number of rotatable bonds is 4. The normalized spacial score (nSPS) is 13.3. The third kappa shape index (κ3) is 7.18. The lowest BCUT2D eigenvalue weighted by atomic mass is 10.2. The molecular weight excluding hydrogens is 242 g/mol. The summed E-state index contributed by atoms with van der Waals surface area (Å²) in [6.07, 6.45) is 9.17. The Morgan fingerprint density at radius 1 is 1.42 bits per heavy atom. The van der Waals surface area contributed by atoms with Gasteiger partial charge in [0.25, 0.3) is 0 Å². The van der Waals surface area contributed by atoms with E-state index in [1.54, 1.807) is 12.4 Å². The van der Waals surface area contributed by atoms with Gasteiger partial charge in [-0.05, 0) is 34.1 Å². The molecule has 1 aromatic rings. The third-order valence-corrected chi connectivity index (χ3v) is 2.14. The lowest BCUT2D eigenvalue weighted by Gasteiger charge is -2.21. The minimum atomic E-state index is -0.471. The molecule has 104 valence electrons. The number of carbonyl (C=O) groups is 1. The number of alkyl carbamates (subject to hydrolysis) is 1. The number of nitrogens with zero attached hydrogens (tertiary/aromatic N) is 2. The largest absolute Gasteiger partial charge is 0.444 e. The summed E-state index contributed by atoms with van der Waals surface area (Å²) in [4.78, 5) is 19.4. The topological polar surface area (TPSA) is 64.1 Å². The van der Waals surface area contributed by atoms with E-state index in [0.29, 0.717) is 6.42 Å². The maximum absolute atomic E-state index is 11.5. The number of nitrogens with one attached hydrogen (secondary N) is 1. The first kappa shape index (κ1) is 15.1. The zero-order valence-electron chi connectivity index (χ0n) is 11.9. The standard InChI is InChI=1S/C14H21N3O2/c1-11(17-13(18)19-14(2,3)4)6-5-7-12-8-15-10-16-9-12/h5,7-11H,6H2,1-4H3,(H,17,18)/b7-5+/t11-/m0/s1. The molecule has 0 radical (unpaired) electrons. The molecule has 5 heteroatoms. The molecule has 0 saturated heterocycles. The van der Waals surface area contributed by atoms with Crippen molar-refractivity contribution in [2.24, 2.45) is 0 Å². The average Bonchev–Trinajstić information content (AvgIpc) is 2.27. The van der Waals surface area contributed by atoms with Crippen LogP contribution in [0.5, 0.6) is 0 Å². The Balaban J connectivity index is 2.34. The van der Waals surface area contributed by atoms with Crippen LogP contribution < -0.4 is 5.32 Å². The van der Waals surface area contributed by atoms with Crippen LogP contribution in [0, 0.1) is 0 Å². The first-order valence-electron chi connectivity index (χ1n) is 6.28. The summed E-state index contributed by atoms with van der Waals surface area (Å²) in [5.74, 6) is 0. The fourth-order valence-corrected chi connectivity index (χ4v) is 1.37. The molecule has 5 nitrogen and oxygen atoms in total. The number of aromatic nitrogens is 2. The predicted molar refractivity (Wildman–Crippen MR) is 74.5 cm³/mol. The van der Waals surface area contributed by atoms with Crippen LogP contribution in [0.25, 0.3) is 6.08 Å². The van der Waals surface area contributed by atoms with Crippen molar-refractivity contribution in [3.05, 3.63) is 30.4 Å². The molecule has 1 rings (SSSR count). The average molecular weight is 263 g/mol. The number of ether oxygens (including phenoxy) is 1. The molecule has 1 aromatic heterocycles. The maximum atomic E-state index is 11.5. The van der Waals surface area contributed by atoms with Crippen LogP contribution in [0.4, 0.5) is 4.79 Å². The van der Waals surface area contributed by atoms with Gasteiger partial charge in [-0.15, -0.1) is 0 Å².